The number of nitrogens with one attached hydrogen (secondary N) is 1. The van der Waals surface area contributed by atoms with Gasteiger partial charge in [-0.2, -0.15) is 0 Å². The number of benzene rings is 2. The van der Waals surface area contributed by atoms with Gasteiger partial charge in [0.15, 0.2) is 0 Å². The monoisotopic (exact) mass is 403 g/mol. The summed E-state index contributed by atoms with van der Waals surface area (Å²) >= 11 is 7.46. The molecule has 0 unspecified atom stereocenters. The van der Waals surface area contributed by atoms with Gasteiger partial charge in [0, 0.05) is 30.2 Å². The number of amides is 1. The van der Waals surface area contributed by atoms with E-state index < -0.39 is 0 Å². The maximum absolute atomic E-state index is 12.9. The molecular formula is C20H19ClFN3OS. The summed E-state index contributed by atoms with van der Waals surface area (Å²) in [5, 5.41) is 3.68. The van der Waals surface area contributed by atoms with E-state index in [1.54, 1.807) is 30.5 Å². The molecule has 0 bridgehead atoms. The van der Waals surface area contributed by atoms with E-state index in [-0.39, 0.29) is 17.8 Å². The van der Waals surface area contributed by atoms with Gasteiger partial charge in [0.2, 0.25) is 5.91 Å². The number of aromatic nitrogens is 2. The second-order valence-electron chi connectivity index (χ2n) is 6.07. The van der Waals surface area contributed by atoms with Gasteiger partial charge in [-0.1, -0.05) is 35.9 Å². The van der Waals surface area contributed by atoms with Crippen molar-refractivity contribution in [3.63, 3.8) is 0 Å². The lowest BCUT2D eigenvalue weighted by Gasteiger charge is -2.19. The third-order valence-electron chi connectivity index (χ3n) is 4.04. The van der Waals surface area contributed by atoms with Crippen LogP contribution in [-0.4, -0.2) is 21.2 Å². The van der Waals surface area contributed by atoms with Gasteiger partial charge in [-0.3, -0.25) is 4.79 Å². The van der Waals surface area contributed by atoms with Crippen molar-refractivity contribution in [3.05, 3.63) is 88.7 Å². The summed E-state index contributed by atoms with van der Waals surface area (Å²) in [7, 11) is 1.89. The van der Waals surface area contributed by atoms with Crippen molar-refractivity contribution in [2.45, 2.75) is 11.8 Å². The van der Waals surface area contributed by atoms with Crippen molar-refractivity contribution < 1.29 is 9.18 Å². The molecule has 1 N–H and O–H groups in total. The molecule has 0 fully saturated rings. The second-order valence-corrected chi connectivity index (χ2v) is 7.49. The van der Waals surface area contributed by atoms with E-state index in [0.29, 0.717) is 16.5 Å². The number of carbonyl (C=O) groups is 1. The Bertz CT molecular complexity index is 896. The fourth-order valence-corrected chi connectivity index (χ4v) is 3.58. The van der Waals surface area contributed by atoms with Gasteiger partial charge in [0.25, 0.3) is 0 Å². The lowest BCUT2D eigenvalue weighted by atomic mass is 10.1. The van der Waals surface area contributed by atoms with E-state index in [1.165, 1.54) is 23.9 Å². The van der Waals surface area contributed by atoms with Gasteiger partial charge in [-0.15, -0.1) is 11.8 Å². The van der Waals surface area contributed by atoms with Crippen LogP contribution in [0.15, 0.2) is 60.9 Å². The maximum atomic E-state index is 12.9. The third kappa shape index (κ3) is 5.34. The number of halogens is 2. The zero-order chi connectivity index (χ0) is 19.2. The largest absolute Gasteiger partial charge is 0.341 e. The van der Waals surface area contributed by atoms with Crippen LogP contribution in [0.1, 0.15) is 23.0 Å². The highest BCUT2D eigenvalue weighted by Gasteiger charge is 2.20. The summed E-state index contributed by atoms with van der Waals surface area (Å²) in [4.78, 5) is 16.9. The Balaban J connectivity index is 1.64. The minimum absolute atomic E-state index is 0.0925. The van der Waals surface area contributed by atoms with Crippen LogP contribution in [0.2, 0.25) is 5.02 Å². The molecule has 4 nitrogen and oxygen atoms in total. The molecule has 1 amide bonds. The standard InChI is InChI=1S/C20H19ClFN3OS/c1-25-11-10-23-20(25)19(15-4-6-16(21)7-5-15)24-18(26)13-27-12-14-2-8-17(22)9-3-14/h2-11,19H,12-13H2,1H3,(H,24,26)/t19-/m1/s1. The zero-order valence-electron chi connectivity index (χ0n) is 14.7. The van der Waals surface area contributed by atoms with Crippen LogP contribution >= 0.6 is 23.4 Å². The predicted molar refractivity (Wildman–Crippen MR) is 107 cm³/mol. The third-order valence-corrected chi connectivity index (χ3v) is 5.30. The first kappa shape index (κ1) is 19.5. The molecule has 0 spiro atoms. The summed E-state index contributed by atoms with van der Waals surface area (Å²) in [6.45, 7) is 0. The number of rotatable bonds is 7. The van der Waals surface area contributed by atoms with E-state index in [0.717, 1.165) is 17.0 Å². The molecule has 1 heterocycles. The molecule has 0 aliphatic rings. The van der Waals surface area contributed by atoms with E-state index in [4.69, 9.17) is 11.6 Å². The van der Waals surface area contributed by atoms with Crippen molar-refractivity contribution in [1.82, 2.24) is 14.9 Å². The maximum Gasteiger partial charge on any atom is 0.230 e. The summed E-state index contributed by atoms with van der Waals surface area (Å²) in [5.74, 6) is 1.33. The van der Waals surface area contributed by atoms with Crippen LogP contribution in [0.4, 0.5) is 4.39 Å². The first-order valence-corrected chi connectivity index (χ1v) is 9.90. The van der Waals surface area contributed by atoms with Crippen molar-refractivity contribution in [2.75, 3.05) is 5.75 Å². The van der Waals surface area contributed by atoms with Crippen molar-refractivity contribution in [3.8, 4) is 0 Å². The van der Waals surface area contributed by atoms with Gasteiger partial charge >= 0.3 is 0 Å². The minimum Gasteiger partial charge on any atom is -0.341 e. The van der Waals surface area contributed by atoms with Crippen LogP contribution in [0.5, 0.6) is 0 Å². The Hall–Kier alpha value is -2.31. The summed E-state index contributed by atoms with van der Waals surface area (Å²) in [6, 6.07) is 13.3. The van der Waals surface area contributed by atoms with E-state index >= 15 is 0 Å². The van der Waals surface area contributed by atoms with Gasteiger partial charge < -0.3 is 9.88 Å². The molecule has 0 aliphatic carbocycles. The van der Waals surface area contributed by atoms with E-state index in [9.17, 15) is 9.18 Å². The van der Waals surface area contributed by atoms with E-state index in [2.05, 4.69) is 10.3 Å². The van der Waals surface area contributed by atoms with Crippen molar-refractivity contribution in [1.29, 1.82) is 0 Å². The summed E-state index contributed by atoms with van der Waals surface area (Å²) < 4.78 is 14.8. The number of hydrogen-bond acceptors (Lipinski definition) is 3. The molecule has 27 heavy (non-hydrogen) atoms. The normalized spacial score (nSPS) is 12.0. The Morgan fingerprint density at radius 2 is 1.93 bits per heavy atom. The first-order chi connectivity index (χ1) is 13.0. The summed E-state index contributed by atoms with van der Waals surface area (Å²) in [5.41, 5.74) is 1.89. The van der Waals surface area contributed by atoms with Gasteiger partial charge in [-0.05, 0) is 35.4 Å². The minimum atomic E-state index is -0.360. The molecule has 0 saturated carbocycles. The van der Waals surface area contributed by atoms with Crippen molar-refractivity contribution >= 4 is 29.3 Å². The van der Waals surface area contributed by atoms with Crippen LogP contribution in [0.3, 0.4) is 0 Å². The van der Waals surface area contributed by atoms with Gasteiger partial charge in [0.05, 0.1) is 5.75 Å². The molecule has 0 saturated heterocycles. The van der Waals surface area contributed by atoms with Gasteiger partial charge in [-0.25, -0.2) is 9.37 Å². The predicted octanol–water partition coefficient (Wildman–Crippen LogP) is 4.35. The average Bonchev–Trinajstić information content (AvgIpc) is 3.08. The highest BCUT2D eigenvalue weighted by atomic mass is 35.5. The highest BCUT2D eigenvalue weighted by Crippen LogP contribution is 2.23. The molecular weight excluding hydrogens is 385 g/mol. The fraction of sp³-hybridized carbons (Fsp3) is 0.200. The first-order valence-electron chi connectivity index (χ1n) is 8.37. The lowest BCUT2D eigenvalue weighted by molar-refractivity contribution is -0.119. The van der Waals surface area contributed by atoms with Crippen LogP contribution < -0.4 is 5.32 Å². The average molecular weight is 404 g/mol. The van der Waals surface area contributed by atoms with Crippen LogP contribution in [0, 0.1) is 5.82 Å². The summed E-state index contributed by atoms with van der Waals surface area (Å²) in [6.07, 6.45) is 3.54. The van der Waals surface area contributed by atoms with Crippen LogP contribution in [0.25, 0.3) is 0 Å². The molecule has 2 aromatic carbocycles. The topological polar surface area (TPSA) is 46.9 Å². The number of hydrogen-bond donors (Lipinski definition) is 1. The molecule has 0 radical (unpaired) electrons. The van der Waals surface area contributed by atoms with Crippen LogP contribution in [-0.2, 0) is 17.6 Å². The van der Waals surface area contributed by atoms with E-state index in [1.807, 2.05) is 29.9 Å². The highest BCUT2D eigenvalue weighted by molar-refractivity contribution is 7.99. The molecule has 1 atom stereocenters. The SMILES string of the molecule is Cn1ccnc1[C@H](NC(=O)CSCc1ccc(F)cc1)c1ccc(Cl)cc1. The molecule has 1 aromatic heterocycles. The Morgan fingerprint density at radius 3 is 2.56 bits per heavy atom. The molecule has 7 heteroatoms. The fourth-order valence-electron chi connectivity index (χ4n) is 2.65. The Labute approximate surface area is 166 Å². The molecule has 0 aliphatic heterocycles. The smallest absolute Gasteiger partial charge is 0.230 e. The lowest BCUT2D eigenvalue weighted by Crippen LogP contribution is -2.32. The van der Waals surface area contributed by atoms with Gasteiger partial charge in [0.1, 0.15) is 17.7 Å². The molecule has 3 rings (SSSR count). The second kappa shape index (κ2) is 9.06. The number of carbonyl (C=O) groups excluding carboxylic acids is 1. The number of imidazole rings is 1. The number of thioether (sulfide) groups is 1. The Morgan fingerprint density at radius 1 is 1.22 bits per heavy atom. The Kier molecular flexibility index (Phi) is 6.53. The zero-order valence-corrected chi connectivity index (χ0v) is 16.3. The number of aryl methyl sites for hydroxylation is 1. The quantitative estimate of drug-likeness (QED) is 0.637. The molecule has 3 aromatic rings. The number of nitrogens with zero attached hydrogens (tertiary/aromatic N) is 2. The van der Waals surface area contributed by atoms with Crippen molar-refractivity contribution in [2.24, 2.45) is 7.05 Å². The molecule has 140 valence electrons.